The quantitative estimate of drug-likeness (QED) is 0.535. The van der Waals surface area contributed by atoms with E-state index in [0.29, 0.717) is 13.2 Å². The van der Waals surface area contributed by atoms with Crippen LogP contribution in [-0.4, -0.2) is 61.4 Å². The van der Waals surface area contributed by atoms with Gasteiger partial charge in [0.2, 0.25) is 12.2 Å². The average Bonchev–Trinajstić information content (AvgIpc) is 2.98. The van der Waals surface area contributed by atoms with Gasteiger partial charge in [-0.2, -0.15) is 0 Å². The Morgan fingerprint density at radius 1 is 1.07 bits per heavy atom. The fourth-order valence-electron chi connectivity index (χ4n) is 3.45. The molecule has 1 fully saturated rings. The molecule has 0 radical (unpaired) electrons. The molecule has 1 saturated heterocycles. The molecule has 1 aliphatic rings. The highest BCUT2D eigenvalue weighted by Gasteiger charge is 2.49. The Morgan fingerprint density at radius 2 is 1.73 bits per heavy atom. The predicted octanol–water partition coefficient (Wildman–Crippen LogP) is 2.30. The van der Waals surface area contributed by atoms with Crippen LogP contribution in [0.5, 0.6) is 0 Å². The van der Waals surface area contributed by atoms with Crippen molar-refractivity contribution in [2.24, 2.45) is 5.92 Å². The molecule has 1 amide bonds. The fraction of sp³-hybridized carbons (Fsp3) is 0.591. The summed E-state index contributed by atoms with van der Waals surface area (Å²) < 4.78 is 22.3. The monoisotopic (exact) mass is 421 g/mol. The van der Waals surface area contributed by atoms with E-state index in [1.54, 1.807) is 11.9 Å². The Labute approximate surface area is 177 Å². The van der Waals surface area contributed by atoms with E-state index >= 15 is 0 Å². The number of benzene rings is 1. The van der Waals surface area contributed by atoms with Crippen LogP contribution in [0.4, 0.5) is 0 Å². The molecule has 0 saturated carbocycles. The summed E-state index contributed by atoms with van der Waals surface area (Å²) in [6.45, 7) is 5.66. The molecule has 0 bridgehead atoms. The minimum atomic E-state index is -1.08. The lowest BCUT2D eigenvalue weighted by atomic mass is 9.94. The van der Waals surface area contributed by atoms with Crippen molar-refractivity contribution in [3.05, 3.63) is 35.9 Å². The molecule has 0 aromatic heterocycles. The van der Waals surface area contributed by atoms with Crippen molar-refractivity contribution in [2.75, 3.05) is 20.2 Å². The number of esters is 2. The Kier molecular flexibility index (Phi) is 9.26. The van der Waals surface area contributed by atoms with Crippen LogP contribution in [0.15, 0.2) is 30.3 Å². The van der Waals surface area contributed by atoms with Crippen molar-refractivity contribution >= 4 is 17.8 Å². The first kappa shape index (κ1) is 23.8. The number of amides is 1. The minimum absolute atomic E-state index is 0.0889. The normalized spacial score (nSPS) is 23.1. The lowest BCUT2D eigenvalue weighted by Gasteiger charge is -2.25. The maximum atomic E-state index is 12.7. The molecule has 1 aromatic rings. The molecule has 0 N–H and O–H groups in total. The Bertz CT molecular complexity index is 709. The lowest BCUT2D eigenvalue weighted by Crippen LogP contribution is -2.39. The molecular formula is C22H31NO7. The van der Waals surface area contributed by atoms with Gasteiger partial charge >= 0.3 is 11.9 Å². The van der Waals surface area contributed by atoms with Gasteiger partial charge in [0.25, 0.3) is 0 Å². The number of carbonyl (C=O) groups excluding carboxylic acids is 3. The smallest absolute Gasteiger partial charge is 0.305 e. The molecule has 0 unspecified atom stereocenters. The van der Waals surface area contributed by atoms with Crippen LogP contribution in [0.3, 0.4) is 0 Å². The minimum Gasteiger partial charge on any atom is -0.455 e. The Balaban J connectivity index is 2.13. The molecule has 166 valence electrons. The molecule has 0 spiro atoms. The van der Waals surface area contributed by atoms with Crippen molar-refractivity contribution in [1.29, 1.82) is 0 Å². The molecule has 30 heavy (non-hydrogen) atoms. The van der Waals surface area contributed by atoms with Gasteiger partial charge in [0.1, 0.15) is 0 Å². The molecule has 2 rings (SSSR count). The molecule has 1 heterocycles. The van der Waals surface area contributed by atoms with Gasteiger partial charge in [-0.25, -0.2) is 0 Å². The summed E-state index contributed by atoms with van der Waals surface area (Å²) in [6, 6.07) is 9.65. The fourth-order valence-corrected chi connectivity index (χ4v) is 3.45. The summed E-state index contributed by atoms with van der Waals surface area (Å²) in [4.78, 5) is 37.5. The molecular weight excluding hydrogens is 390 g/mol. The van der Waals surface area contributed by atoms with Gasteiger partial charge in [-0.15, -0.1) is 0 Å². The van der Waals surface area contributed by atoms with Crippen molar-refractivity contribution in [2.45, 2.75) is 58.7 Å². The van der Waals surface area contributed by atoms with Crippen molar-refractivity contribution in [1.82, 2.24) is 4.90 Å². The highest BCUT2D eigenvalue weighted by molar-refractivity contribution is 5.76. The van der Waals surface area contributed by atoms with Crippen molar-refractivity contribution in [3.63, 3.8) is 0 Å². The summed E-state index contributed by atoms with van der Waals surface area (Å²) in [6.07, 6.45) is -1.61. The first-order valence-corrected chi connectivity index (χ1v) is 10.2. The van der Waals surface area contributed by atoms with Crippen molar-refractivity contribution < 1.29 is 33.3 Å². The Morgan fingerprint density at radius 3 is 2.33 bits per heavy atom. The first-order valence-electron chi connectivity index (χ1n) is 10.2. The summed E-state index contributed by atoms with van der Waals surface area (Å²) in [5.41, 5.74) is 0.999. The number of hydrogen-bond acceptors (Lipinski definition) is 7. The number of hydrogen-bond donors (Lipinski definition) is 0. The van der Waals surface area contributed by atoms with Crippen LogP contribution < -0.4 is 0 Å². The van der Waals surface area contributed by atoms with Crippen LogP contribution in [0, 0.1) is 5.92 Å². The second-order valence-electron chi connectivity index (χ2n) is 7.41. The van der Waals surface area contributed by atoms with Gasteiger partial charge < -0.3 is 23.8 Å². The van der Waals surface area contributed by atoms with Gasteiger partial charge in [0.15, 0.2) is 6.10 Å². The van der Waals surface area contributed by atoms with Gasteiger partial charge in [0, 0.05) is 39.8 Å². The Hall–Kier alpha value is -2.45. The third kappa shape index (κ3) is 7.11. The highest BCUT2D eigenvalue weighted by atomic mass is 16.7. The molecule has 8 heteroatoms. The standard InChI is InChI=1S/C22H31NO7/c1-5-11-23(4)20(26)12-18-19(14-27-13-17-9-7-6-8-10-17)30-22(29-16(3)25)21(18)28-15(2)24/h6-10,18-19,21-22H,5,11-14H2,1-4H3/t18-,19+,21-,22+/m0/s1. The largest absolute Gasteiger partial charge is 0.455 e. The van der Waals surface area contributed by atoms with Gasteiger partial charge in [-0.1, -0.05) is 37.3 Å². The van der Waals surface area contributed by atoms with Crippen LogP contribution >= 0.6 is 0 Å². The lowest BCUT2D eigenvalue weighted by molar-refractivity contribution is -0.196. The zero-order valence-electron chi connectivity index (χ0n) is 18.0. The summed E-state index contributed by atoms with van der Waals surface area (Å²) >= 11 is 0. The average molecular weight is 421 g/mol. The van der Waals surface area contributed by atoms with E-state index in [4.69, 9.17) is 18.9 Å². The van der Waals surface area contributed by atoms with E-state index in [1.165, 1.54) is 13.8 Å². The SMILES string of the molecule is CCCN(C)C(=O)C[C@@H]1[C@H](OC(C)=O)[C@H](OC(C)=O)O[C@@H]1COCc1ccccc1. The van der Waals surface area contributed by atoms with Crippen LogP contribution in [0.1, 0.15) is 39.2 Å². The summed E-state index contributed by atoms with van der Waals surface area (Å²) in [5.74, 6) is -1.69. The molecule has 1 aromatic carbocycles. The zero-order chi connectivity index (χ0) is 22.1. The van der Waals surface area contributed by atoms with Crippen LogP contribution in [0.25, 0.3) is 0 Å². The third-order valence-electron chi connectivity index (χ3n) is 4.85. The van der Waals surface area contributed by atoms with Gasteiger partial charge in [0.05, 0.1) is 19.3 Å². The van der Waals surface area contributed by atoms with Crippen LogP contribution in [0.2, 0.25) is 0 Å². The van der Waals surface area contributed by atoms with Gasteiger partial charge in [-0.05, 0) is 12.0 Å². The van der Waals surface area contributed by atoms with E-state index in [-0.39, 0.29) is 18.9 Å². The van der Waals surface area contributed by atoms with E-state index < -0.39 is 36.4 Å². The number of carbonyl (C=O) groups is 3. The van der Waals surface area contributed by atoms with Crippen LogP contribution in [-0.2, 0) is 39.9 Å². The van der Waals surface area contributed by atoms with E-state index in [0.717, 1.165) is 12.0 Å². The molecule has 8 nitrogen and oxygen atoms in total. The number of ether oxygens (including phenoxy) is 4. The molecule has 0 aliphatic carbocycles. The predicted molar refractivity (Wildman–Crippen MR) is 108 cm³/mol. The second kappa shape index (κ2) is 11.7. The third-order valence-corrected chi connectivity index (χ3v) is 4.85. The first-order chi connectivity index (χ1) is 14.3. The summed E-state index contributed by atoms with van der Waals surface area (Å²) in [7, 11) is 1.73. The highest BCUT2D eigenvalue weighted by Crippen LogP contribution is 2.34. The maximum Gasteiger partial charge on any atom is 0.305 e. The van der Waals surface area contributed by atoms with Gasteiger partial charge in [-0.3, -0.25) is 14.4 Å². The van der Waals surface area contributed by atoms with E-state index in [9.17, 15) is 14.4 Å². The van der Waals surface area contributed by atoms with E-state index in [2.05, 4.69) is 0 Å². The summed E-state index contributed by atoms with van der Waals surface area (Å²) in [5, 5.41) is 0. The molecule has 4 atom stereocenters. The molecule has 1 aliphatic heterocycles. The second-order valence-corrected chi connectivity index (χ2v) is 7.41. The zero-order valence-corrected chi connectivity index (χ0v) is 18.0. The maximum absolute atomic E-state index is 12.7. The van der Waals surface area contributed by atoms with Crippen molar-refractivity contribution in [3.8, 4) is 0 Å². The number of nitrogens with zero attached hydrogens (tertiary/aromatic N) is 1. The van der Waals surface area contributed by atoms with E-state index in [1.807, 2.05) is 37.3 Å². The number of rotatable bonds is 10. The topological polar surface area (TPSA) is 91.4 Å².